The number of carbonyl (C=O) groups excluding carboxylic acids is 2. The first-order valence-electron chi connectivity index (χ1n) is 6.93. The van der Waals surface area contributed by atoms with Crippen molar-refractivity contribution in [3.63, 3.8) is 0 Å². The number of carbonyl (C=O) groups is 2. The fourth-order valence-electron chi connectivity index (χ4n) is 1.59. The van der Waals surface area contributed by atoms with Gasteiger partial charge < -0.3 is 10.5 Å². The minimum absolute atomic E-state index is 0.109. The molecule has 1 aromatic heterocycles. The van der Waals surface area contributed by atoms with Crippen molar-refractivity contribution >= 4 is 28.3 Å². The fourth-order valence-corrected chi connectivity index (χ4v) is 2.38. The summed E-state index contributed by atoms with van der Waals surface area (Å²) in [6, 6.07) is -0.554. The fraction of sp³-hybridized carbons (Fsp3) is 0.692. The zero-order valence-electron chi connectivity index (χ0n) is 12.6. The second kappa shape index (κ2) is 8.68. The van der Waals surface area contributed by atoms with Crippen molar-refractivity contribution in [2.24, 2.45) is 11.7 Å². The molecule has 118 valence electrons. The molecule has 0 aliphatic heterocycles. The molecule has 3 N–H and O–H groups in total. The van der Waals surface area contributed by atoms with Crippen LogP contribution in [0.25, 0.3) is 0 Å². The zero-order chi connectivity index (χ0) is 15.8. The van der Waals surface area contributed by atoms with Gasteiger partial charge in [0.05, 0.1) is 13.2 Å². The second-order valence-electron chi connectivity index (χ2n) is 4.83. The predicted octanol–water partition coefficient (Wildman–Crippen LogP) is 1.35. The van der Waals surface area contributed by atoms with Gasteiger partial charge >= 0.3 is 5.97 Å². The number of ether oxygens (including phenoxy) is 1. The molecule has 0 spiro atoms. The van der Waals surface area contributed by atoms with Crippen LogP contribution >= 0.6 is 11.3 Å². The molecule has 1 amide bonds. The molecule has 0 radical (unpaired) electrons. The third-order valence-electron chi connectivity index (χ3n) is 3.26. The van der Waals surface area contributed by atoms with Crippen LogP contribution in [0.5, 0.6) is 0 Å². The van der Waals surface area contributed by atoms with Crippen LogP contribution in [-0.2, 0) is 20.7 Å². The first kappa shape index (κ1) is 17.5. The minimum atomic E-state index is -0.554. The average molecular weight is 314 g/mol. The van der Waals surface area contributed by atoms with E-state index in [1.165, 1.54) is 18.4 Å². The maximum atomic E-state index is 11.9. The Labute approximate surface area is 128 Å². The molecule has 2 atom stereocenters. The SMILES string of the molecule is CCC(C)C(N)C(=O)Nc1nnc(CCCC(=O)OC)s1. The number of aryl methyl sites for hydroxylation is 1. The Morgan fingerprint density at radius 3 is 2.76 bits per heavy atom. The van der Waals surface area contributed by atoms with Crippen LogP contribution in [0.1, 0.15) is 38.1 Å². The second-order valence-corrected chi connectivity index (χ2v) is 5.89. The molecule has 7 nitrogen and oxygen atoms in total. The third-order valence-corrected chi connectivity index (χ3v) is 4.15. The first-order valence-corrected chi connectivity index (χ1v) is 7.75. The van der Waals surface area contributed by atoms with Crippen molar-refractivity contribution in [1.82, 2.24) is 10.2 Å². The van der Waals surface area contributed by atoms with Gasteiger partial charge in [0, 0.05) is 12.8 Å². The summed E-state index contributed by atoms with van der Waals surface area (Å²) in [5.41, 5.74) is 5.85. The molecular formula is C13H22N4O3S. The molecule has 0 saturated carbocycles. The van der Waals surface area contributed by atoms with Crippen molar-refractivity contribution in [3.05, 3.63) is 5.01 Å². The summed E-state index contributed by atoms with van der Waals surface area (Å²) in [7, 11) is 1.36. The van der Waals surface area contributed by atoms with Crippen molar-refractivity contribution in [3.8, 4) is 0 Å². The van der Waals surface area contributed by atoms with Crippen LogP contribution in [0.3, 0.4) is 0 Å². The lowest BCUT2D eigenvalue weighted by atomic mass is 10.00. The standard InChI is InChI=1S/C13H22N4O3S/c1-4-8(2)11(14)12(19)15-13-17-16-9(21-13)6-5-7-10(18)20-3/h8,11H,4-7,14H2,1-3H3,(H,15,17,19). The molecule has 0 fully saturated rings. The molecule has 0 aromatic carbocycles. The van der Waals surface area contributed by atoms with E-state index in [9.17, 15) is 9.59 Å². The zero-order valence-corrected chi connectivity index (χ0v) is 13.4. The van der Waals surface area contributed by atoms with Gasteiger partial charge in [-0.15, -0.1) is 10.2 Å². The molecule has 0 saturated heterocycles. The van der Waals surface area contributed by atoms with E-state index in [4.69, 9.17) is 5.73 Å². The number of anilines is 1. The number of rotatable bonds is 8. The lowest BCUT2D eigenvalue weighted by molar-refractivity contribution is -0.140. The van der Waals surface area contributed by atoms with E-state index in [-0.39, 0.29) is 17.8 Å². The van der Waals surface area contributed by atoms with Crippen molar-refractivity contribution in [2.75, 3.05) is 12.4 Å². The summed E-state index contributed by atoms with van der Waals surface area (Å²) < 4.78 is 4.56. The van der Waals surface area contributed by atoms with Gasteiger partial charge in [0.25, 0.3) is 0 Å². The Hall–Kier alpha value is -1.54. The van der Waals surface area contributed by atoms with Crippen molar-refractivity contribution in [2.45, 2.75) is 45.6 Å². The lowest BCUT2D eigenvalue weighted by Crippen LogP contribution is -2.40. The Morgan fingerprint density at radius 2 is 2.14 bits per heavy atom. The van der Waals surface area contributed by atoms with Gasteiger partial charge in [-0.1, -0.05) is 31.6 Å². The van der Waals surface area contributed by atoms with Gasteiger partial charge in [0.1, 0.15) is 5.01 Å². The number of nitrogens with two attached hydrogens (primary N) is 1. The normalized spacial score (nSPS) is 13.5. The highest BCUT2D eigenvalue weighted by Gasteiger charge is 2.20. The van der Waals surface area contributed by atoms with E-state index in [1.54, 1.807) is 0 Å². The number of aromatic nitrogens is 2. The quantitative estimate of drug-likeness (QED) is 0.701. The van der Waals surface area contributed by atoms with E-state index >= 15 is 0 Å². The molecule has 1 heterocycles. The monoisotopic (exact) mass is 314 g/mol. The van der Waals surface area contributed by atoms with Crippen molar-refractivity contribution in [1.29, 1.82) is 0 Å². The van der Waals surface area contributed by atoms with Crippen LogP contribution in [0.4, 0.5) is 5.13 Å². The number of hydrogen-bond donors (Lipinski definition) is 2. The smallest absolute Gasteiger partial charge is 0.305 e. The van der Waals surface area contributed by atoms with Gasteiger partial charge in [-0.3, -0.25) is 14.9 Å². The van der Waals surface area contributed by atoms with Crippen LogP contribution in [-0.4, -0.2) is 35.2 Å². The predicted molar refractivity (Wildman–Crippen MR) is 80.9 cm³/mol. The minimum Gasteiger partial charge on any atom is -0.469 e. The molecule has 8 heteroatoms. The topological polar surface area (TPSA) is 107 Å². The molecule has 2 unspecified atom stereocenters. The van der Waals surface area contributed by atoms with Crippen LogP contribution in [0.2, 0.25) is 0 Å². The maximum absolute atomic E-state index is 11.9. The Kier molecular flexibility index (Phi) is 7.24. The summed E-state index contributed by atoms with van der Waals surface area (Å²) in [6.07, 6.45) is 2.45. The number of amides is 1. The largest absolute Gasteiger partial charge is 0.469 e. The van der Waals surface area contributed by atoms with Gasteiger partial charge in [-0.25, -0.2) is 0 Å². The summed E-state index contributed by atoms with van der Waals surface area (Å²) in [5.74, 6) is -0.383. The first-order chi connectivity index (χ1) is 9.97. The molecule has 1 rings (SSSR count). The Bertz CT molecular complexity index is 478. The van der Waals surface area contributed by atoms with Crippen LogP contribution in [0.15, 0.2) is 0 Å². The van der Waals surface area contributed by atoms with E-state index in [0.717, 1.165) is 11.4 Å². The average Bonchev–Trinajstić information content (AvgIpc) is 2.92. The van der Waals surface area contributed by atoms with E-state index in [1.807, 2.05) is 13.8 Å². The van der Waals surface area contributed by atoms with E-state index in [2.05, 4.69) is 20.3 Å². The summed E-state index contributed by atoms with van der Waals surface area (Å²) in [4.78, 5) is 22.9. The molecule has 0 aliphatic carbocycles. The number of hydrogen-bond acceptors (Lipinski definition) is 7. The van der Waals surface area contributed by atoms with Gasteiger partial charge in [0.15, 0.2) is 0 Å². The van der Waals surface area contributed by atoms with E-state index in [0.29, 0.717) is 24.4 Å². The number of esters is 1. The van der Waals surface area contributed by atoms with Crippen LogP contribution in [0, 0.1) is 5.92 Å². The Balaban J connectivity index is 2.44. The maximum Gasteiger partial charge on any atom is 0.305 e. The number of methoxy groups -OCH3 is 1. The van der Waals surface area contributed by atoms with Gasteiger partial charge in [-0.05, 0) is 12.3 Å². The lowest BCUT2D eigenvalue weighted by Gasteiger charge is -2.16. The summed E-state index contributed by atoms with van der Waals surface area (Å²) >= 11 is 1.30. The van der Waals surface area contributed by atoms with Gasteiger partial charge in [0.2, 0.25) is 11.0 Å². The van der Waals surface area contributed by atoms with Crippen LogP contribution < -0.4 is 11.1 Å². The van der Waals surface area contributed by atoms with Gasteiger partial charge in [-0.2, -0.15) is 0 Å². The highest BCUT2D eigenvalue weighted by Crippen LogP contribution is 2.18. The third kappa shape index (κ3) is 5.76. The van der Waals surface area contributed by atoms with Crippen molar-refractivity contribution < 1.29 is 14.3 Å². The molecule has 1 aromatic rings. The molecule has 0 bridgehead atoms. The molecule has 0 aliphatic rings. The molecule has 21 heavy (non-hydrogen) atoms. The highest BCUT2D eigenvalue weighted by atomic mass is 32.1. The number of nitrogens with one attached hydrogen (secondary N) is 1. The number of nitrogens with zero attached hydrogens (tertiary/aromatic N) is 2. The summed E-state index contributed by atoms with van der Waals surface area (Å²) in [5, 5.41) is 11.8. The Morgan fingerprint density at radius 1 is 1.43 bits per heavy atom. The summed E-state index contributed by atoms with van der Waals surface area (Å²) in [6.45, 7) is 3.92. The molecular weight excluding hydrogens is 292 g/mol. The van der Waals surface area contributed by atoms with E-state index < -0.39 is 6.04 Å². The highest BCUT2D eigenvalue weighted by molar-refractivity contribution is 7.15.